The van der Waals surface area contributed by atoms with E-state index in [1.165, 1.54) is 12.8 Å². The number of rotatable bonds is 5. The number of hydrogen-bond donors (Lipinski definition) is 2. The van der Waals surface area contributed by atoms with Gasteiger partial charge in [-0.25, -0.2) is 0 Å². The van der Waals surface area contributed by atoms with Crippen LogP contribution in [-0.2, 0) is 6.54 Å². The predicted octanol–water partition coefficient (Wildman–Crippen LogP) is 4.00. The van der Waals surface area contributed by atoms with E-state index in [4.69, 9.17) is 0 Å². The molecule has 0 unspecified atom stereocenters. The van der Waals surface area contributed by atoms with E-state index in [1.54, 1.807) is 6.20 Å². The van der Waals surface area contributed by atoms with Crippen molar-refractivity contribution in [2.45, 2.75) is 45.2 Å². The lowest BCUT2D eigenvalue weighted by atomic mass is 9.87. The van der Waals surface area contributed by atoms with Crippen molar-refractivity contribution in [2.75, 3.05) is 5.32 Å². The maximum absolute atomic E-state index is 12.7. The Morgan fingerprint density at radius 3 is 2.58 bits per heavy atom. The Balaban J connectivity index is 1.63. The lowest BCUT2D eigenvalue weighted by Gasteiger charge is -2.27. The van der Waals surface area contributed by atoms with E-state index in [2.05, 4.69) is 22.5 Å². The van der Waals surface area contributed by atoms with E-state index >= 15 is 0 Å². The summed E-state index contributed by atoms with van der Waals surface area (Å²) < 4.78 is 0. The Bertz CT molecular complexity index is 664. The molecule has 1 aliphatic rings. The summed E-state index contributed by atoms with van der Waals surface area (Å²) in [6.45, 7) is 2.89. The normalized spacial score (nSPS) is 20.4. The van der Waals surface area contributed by atoms with Crippen molar-refractivity contribution in [1.29, 1.82) is 0 Å². The highest BCUT2D eigenvalue weighted by atomic mass is 16.1. The van der Waals surface area contributed by atoms with Gasteiger partial charge in [-0.1, -0.05) is 25.1 Å². The van der Waals surface area contributed by atoms with Crippen LogP contribution < -0.4 is 10.6 Å². The van der Waals surface area contributed by atoms with Crippen LogP contribution in [0.1, 0.15) is 48.7 Å². The number of para-hydroxylation sites is 1. The molecule has 4 nitrogen and oxygen atoms in total. The number of anilines is 1. The molecular weight excluding hydrogens is 298 g/mol. The third-order valence-corrected chi connectivity index (χ3v) is 4.71. The molecule has 0 spiro atoms. The van der Waals surface area contributed by atoms with Crippen molar-refractivity contribution < 1.29 is 4.79 Å². The van der Waals surface area contributed by atoms with Gasteiger partial charge in [-0.2, -0.15) is 0 Å². The molecule has 0 aliphatic heterocycles. The molecule has 1 aliphatic carbocycles. The number of carbonyl (C=O) groups is 1. The fourth-order valence-electron chi connectivity index (χ4n) is 3.19. The first-order chi connectivity index (χ1) is 11.7. The standard InChI is InChI=1S/C20H25N3O/c1-15-9-11-16(12-10-15)23-20(24)18-7-2-3-8-19(18)22-14-17-6-4-5-13-21-17/h2-8,13,15-16,22H,9-12,14H2,1H3,(H,23,24). The molecule has 0 saturated heterocycles. The Hall–Kier alpha value is -2.36. The fourth-order valence-corrected chi connectivity index (χ4v) is 3.19. The number of nitrogens with zero attached hydrogens (tertiary/aromatic N) is 1. The highest BCUT2D eigenvalue weighted by molar-refractivity contribution is 5.99. The number of hydrogen-bond acceptors (Lipinski definition) is 3. The fraction of sp³-hybridized carbons (Fsp3) is 0.400. The summed E-state index contributed by atoms with van der Waals surface area (Å²) >= 11 is 0. The summed E-state index contributed by atoms with van der Waals surface area (Å²) in [5, 5.41) is 6.53. The van der Waals surface area contributed by atoms with Gasteiger partial charge in [0.2, 0.25) is 0 Å². The molecule has 2 N–H and O–H groups in total. The SMILES string of the molecule is CC1CCC(NC(=O)c2ccccc2NCc2ccccn2)CC1. The zero-order chi connectivity index (χ0) is 16.8. The Morgan fingerprint density at radius 1 is 1.08 bits per heavy atom. The second-order valence-corrected chi connectivity index (χ2v) is 6.65. The summed E-state index contributed by atoms with van der Waals surface area (Å²) in [5.41, 5.74) is 2.51. The van der Waals surface area contributed by atoms with Crippen LogP contribution in [0.2, 0.25) is 0 Å². The van der Waals surface area contributed by atoms with Crippen LogP contribution in [0.25, 0.3) is 0 Å². The topological polar surface area (TPSA) is 54.0 Å². The summed E-state index contributed by atoms with van der Waals surface area (Å²) in [6, 6.07) is 13.8. The monoisotopic (exact) mass is 323 g/mol. The average molecular weight is 323 g/mol. The Labute approximate surface area is 143 Å². The molecule has 3 rings (SSSR count). The van der Waals surface area contributed by atoms with Gasteiger partial charge in [0.15, 0.2) is 0 Å². The van der Waals surface area contributed by atoms with Crippen LogP contribution in [0.15, 0.2) is 48.7 Å². The molecular formula is C20H25N3O. The van der Waals surface area contributed by atoms with Gasteiger partial charge in [0.05, 0.1) is 17.8 Å². The summed E-state index contributed by atoms with van der Waals surface area (Å²) in [6.07, 6.45) is 6.33. The van der Waals surface area contributed by atoms with Crippen molar-refractivity contribution in [1.82, 2.24) is 10.3 Å². The predicted molar refractivity (Wildman–Crippen MR) is 96.9 cm³/mol. The highest BCUT2D eigenvalue weighted by Crippen LogP contribution is 2.24. The second kappa shape index (κ2) is 7.95. The summed E-state index contributed by atoms with van der Waals surface area (Å²) in [5.74, 6) is 0.796. The van der Waals surface area contributed by atoms with Crippen molar-refractivity contribution in [3.8, 4) is 0 Å². The minimum atomic E-state index is 0.0127. The van der Waals surface area contributed by atoms with Crippen molar-refractivity contribution in [3.63, 3.8) is 0 Å². The van der Waals surface area contributed by atoms with E-state index in [1.807, 2.05) is 42.5 Å². The van der Waals surface area contributed by atoms with Gasteiger partial charge >= 0.3 is 0 Å². The summed E-state index contributed by atoms with van der Waals surface area (Å²) in [7, 11) is 0. The summed E-state index contributed by atoms with van der Waals surface area (Å²) in [4.78, 5) is 17.0. The molecule has 0 bridgehead atoms. The number of carbonyl (C=O) groups excluding carboxylic acids is 1. The Morgan fingerprint density at radius 2 is 1.83 bits per heavy atom. The molecule has 4 heteroatoms. The zero-order valence-electron chi connectivity index (χ0n) is 14.2. The molecule has 1 saturated carbocycles. The van der Waals surface area contributed by atoms with Crippen LogP contribution in [0.5, 0.6) is 0 Å². The average Bonchev–Trinajstić information content (AvgIpc) is 2.63. The van der Waals surface area contributed by atoms with Gasteiger partial charge in [0, 0.05) is 17.9 Å². The molecule has 126 valence electrons. The molecule has 1 aromatic heterocycles. The van der Waals surface area contributed by atoms with Gasteiger partial charge in [0.1, 0.15) is 0 Å². The van der Waals surface area contributed by atoms with E-state index in [-0.39, 0.29) is 5.91 Å². The number of amides is 1. The van der Waals surface area contributed by atoms with E-state index < -0.39 is 0 Å². The van der Waals surface area contributed by atoms with Crippen molar-refractivity contribution in [2.24, 2.45) is 5.92 Å². The first kappa shape index (κ1) is 16.5. The van der Waals surface area contributed by atoms with Crippen LogP contribution in [0.3, 0.4) is 0 Å². The lowest BCUT2D eigenvalue weighted by molar-refractivity contribution is 0.0924. The van der Waals surface area contributed by atoms with Gasteiger partial charge in [-0.3, -0.25) is 9.78 Å². The number of pyridine rings is 1. The van der Waals surface area contributed by atoms with E-state index in [0.717, 1.165) is 30.1 Å². The molecule has 0 atom stereocenters. The largest absolute Gasteiger partial charge is 0.379 e. The minimum Gasteiger partial charge on any atom is -0.379 e. The molecule has 1 fully saturated rings. The lowest BCUT2D eigenvalue weighted by Crippen LogP contribution is -2.37. The second-order valence-electron chi connectivity index (χ2n) is 6.65. The van der Waals surface area contributed by atoms with Crippen LogP contribution >= 0.6 is 0 Å². The third-order valence-electron chi connectivity index (χ3n) is 4.71. The first-order valence-corrected chi connectivity index (χ1v) is 8.76. The van der Waals surface area contributed by atoms with Crippen LogP contribution in [-0.4, -0.2) is 16.9 Å². The Kier molecular flexibility index (Phi) is 5.47. The zero-order valence-corrected chi connectivity index (χ0v) is 14.2. The van der Waals surface area contributed by atoms with Gasteiger partial charge in [0.25, 0.3) is 5.91 Å². The van der Waals surface area contributed by atoms with Gasteiger partial charge < -0.3 is 10.6 Å². The molecule has 0 radical (unpaired) electrons. The third kappa shape index (κ3) is 4.34. The number of benzene rings is 1. The molecule has 1 amide bonds. The smallest absolute Gasteiger partial charge is 0.253 e. The molecule has 24 heavy (non-hydrogen) atoms. The first-order valence-electron chi connectivity index (χ1n) is 8.76. The number of aromatic nitrogens is 1. The van der Waals surface area contributed by atoms with Gasteiger partial charge in [-0.15, -0.1) is 0 Å². The van der Waals surface area contributed by atoms with Crippen LogP contribution in [0, 0.1) is 5.92 Å². The molecule has 2 aromatic rings. The minimum absolute atomic E-state index is 0.0127. The van der Waals surface area contributed by atoms with Gasteiger partial charge in [-0.05, 0) is 55.9 Å². The van der Waals surface area contributed by atoms with E-state index in [9.17, 15) is 4.79 Å². The van der Waals surface area contributed by atoms with Crippen LogP contribution in [0.4, 0.5) is 5.69 Å². The van der Waals surface area contributed by atoms with Crippen molar-refractivity contribution >= 4 is 11.6 Å². The maximum atomic E-state index is 12.7. The van der Waals surface area contributed by atoms with E-state index in [0.29, 0.717) is 18.2 Å². The quantitative estimate of drug-likeness (QED) is 0.874. The maximum Gasteiger partial charge on any atom is 0.253 e. The highest BCUT2D eigenvalue weighted by Gasteiger charge is 2.21. The molecule has 1 heterocycles. The van der Waals surface area contributed by atoms with Crippen molar-refractivity contribution in [3.05, 3.63) is 59.9 Å². The number of nitrogens with one attached hydrogen (secondary N) is 2. The molecule has 1 aromatic carbocycles.